The predicted molar refractivity (Wildman–Crippen MR) is 67.3 cm³/mol. The second-order valence-corrected chi connectivity index (χ2v) is 4.29. The summed E-state index contributed by atoms with van der Waals surface area (Å²) in [7, 11) is 0. The number of hydrogen-bond donors (Lipinski definition) is 1. The summed E-state index contributed by atoms with van der Waals surface area (Å²) in [6.45, 7) is 5.16. The number of pyridine rings is 1. The number of carbonyl (C=O) groups is 1. The van der Waals surface area contributed by atoms with Crippen LogP contribution < -0.4 is 5.32 Å². The van der Waals surface area contributed by atoms with Gasteiger partial charge in [-0.15, -0.1) is 0 Å². The fraction of sp³-hybridized carbons (Fsp3) is 0.500. The largest absolute Gasteiger partial charge is 0.379 e. The van der Waals surface area contributed by atoms with Crippen molar-refractivity contribution >= 4 is 17.5 Å². The molecular formula is C12H17ClN2O2. The Morgan fingerprint density at radius 3 is 3.00 bits per heavy atom. The minimum Gasteiger partial charge on any atom is -0.379 e. The molecule has 1 amide bonds. The van der Waals surface area contributed by atoms with Gasteiger partial charge in [-0.2, -0.15) is 0 Å². The molecule has 94 valence electrons. The lowest BCUT2D eigenvalue weighted by Gasteiger charge is -2.08. The molecule has 0 aliphatic heterocycles. The first kappa shape index (κ1) is 13.9. The number of ether oxygens (including phenoxy) is 1. The SMILES string of the molecule is CC(C)OCCCNC(=O)c1cnccc1Cl. The molecule has 1 heterocycles. The highest BCUT2D eigenvalue weighted by Crippen LogP contribution is 2.12. The molecular weight excluding hydrogens is 240 g/mol. The highest BCUT2D eigenvalue weighted by atomic mass is 35.5. The van der Waals surface area contributed by atoms with Crippen molar-refractivity contribution in [1.29, 1.82) is 0 Å². The van der Waals surface area contributed by atoms with Crippen LogP contribution in [-0.2, 0) is 4.74 Å². The number of nitrogens with zero attached hydrogens (tertiary/aromatic N) is 1. The number of hydrogen-bond acceptors (Lipinski definition) is 3. The highest BCUT2D eigenvalue weighted by molar-refractivity contribution is 6.33. The Hall–Kier alpha value is -1.13. The maximum absolute atomic E-state index is 11.7. The summed E-state index contributed by atoms with van der Waals surface area (Å²) in [4.78, 5) is 15.6. The Balaban J connectivity index is 2.29. The average molecular weight is 257 g/mol. The van der Waals surface area contributed by atoms with Gasteiger partial charge >= 0.3 is 0 Å². The normalized spacial score (nSPS) is 10.6. The third-order valence-electron chi connectivity index (χ3n) is 2.07. The smallest absolute Gasteiger partial charge is 0.254 e. The van der Waals surface area contributed by atoms with Gasteiger partial charge in [-0.05, 0) is 26.3 Å². The van der Waals surface area contributed by atoms with Crippen LogP contribution in [0.15, 0.2) is 18.5 Å². The van der Waals surface area contributed by atoms with Gasteiger partial charge in [0.1, 0.15) is 0 Å². The Kier molecular flexibility index (Phi) is 5.94. The van der Waals surface area contributed by atoms with Crippen LogP contribution in [-0.4, -0.2) is 30.1 Å². The van der Waals surface area contributed by atoms with Gasteiger partial charge in [0, 0.05) is 25.5 Å². The molecule has 0 spiro atoms. The predicted octanol–water partition coefficient (Wildman–Crippen LogP) is 2.28. The Morgan fingerprint density at radius 1 is 1.59 bits per heavy atom. The molecule has 0 saturated carbocycles. The lowest BCUT2D eigenvalue weighted by atomic mass is 10.2. The van der Waals surface area contributed by atoms with E-state index < -0.39 is 0 Å². The van der Waals surface area contributed by atoms with Crippen LogP contribution in [0.5, 0.6) is 0 Å². The van der Waals surface area contributed by atoms with Gasteiger partial charge < -0.3 is 10.1 Å². The van der Waals surface area contributed by atoms with Crippen molar-refractivity contribution in [2.24, 2.45) is 0 Å². The summed E-state index contributed by atoms with van der Waals surface area (Å²) in [6.07, 6.45) is 4.01. The first-order valence-corrected chi connectivity index (χ1v) is 5.98. The first-order valence-electron chi connectivity index (χ1n) is 5.60. The van der Waals surface area contributed by atoms with Crippen molar-refractivity contribution < 1.29 is 9.53 Å². The van der Waals surface area contributed by atoms with Crippen LogP contribution in [0.2, 0.25) is 5.02 Å². The molecule has 0 saturated heterocycles. The lowest BCUT2D eigenvalue weighted by Crippen LogP contribution is -2.26. The number of carbonyl (C=O) groups excluding carboxylic acids is 1. The fourth-order valence-corrected chi connectivity index (χ4v) is 1.42. The van der Waals surface area contributed by atoms with Crippen LogP contribution in [0.1, 0.15) is 30.6 Å². The Morgan fingerprint density at radius 2 is 2.35 bits per heavy atom. The molecule has 0 aliphatic rings. The molecule has 0 fully saturated rings. The van der Waals surface area contributed by atoms with Gasteiger partial charge in [0.2, 0.25) is 0 Å². The minimum absolute atomic E-state index is 0.201. The van der Waals surface area contributed by atoms with Crippen LogP contribution in [0.4, 0.5) is 0 Å². The third kappa shape index (κ3) is 5.15. The van der Waals surface area contributed by atoms with Gasteiger partial charge in [-0.25, -0.2) is 0 Å². The number of halogens is 1. The molecule has 0 unspecified atom stereocenters. The molecule has 1 aromatic rings. The maximum atomic E-state index is 11.7. The van der Waals surface area contributed by atoms with E-state index in [1.165, 1.54) is 6.20 Å². The lowest BCUT2D eigenvalue weighted by molar-refractivity contribution is 0.0757. The van der Waals surface area contributed by atoms with Crippen molar-refractivity contribution in [3.8, 4) is 0 Å². The maximum Gasteiger partial charge on any atom is 0.254 e. The standard InChI is InChI=1S/C12H17ClN2O2/c1-9(2)17-7-3-5-15-12(16)10-8-14-6-4-11(10)13/h4,6,8-9H,3,5,7H2,1-2H3,(H,15,16). The van der Waals surface area contributed by atoms with Gasteiger partial charge in [0.05, 0.1) is 16.7 Å². The van der Waals surface area contributed by atoms with E-state index in [0.29, 0.717) is 23.7 Å². The van der Waals surface area contributed by atoms with Crippen LogP contribution in [0.25, 0.3) is 0 Å². The Labute approximate surface area is 106 Å². The number of rotatable bonds is 6. The van der Waals surface area contributed by atoms with Crippen molar-refractivity contribution in [3.05, 3.63) is 29.0 Å². The minimum atomic E-state index is -0.201. The summed E-state index contributed by atoms with van der Waals surface area (Å²) >= 11 is 5.88. The molecule has 0 bridgehead atoms. The number of amides is 1. The van der Waals surface area contributed by atoms with E-state index in [4.69, 9.17) is 16.3 Å². The highest BCUT2D eigenvalue weighted by Gasteiger charge is 2.08. The monoisotopic (exact) mass is 256 g/mol. The first-order chi connectivity index (χ1) is 8.11. The quantitative estimate of drug-likeness (QED) is 0.795. The zero-order valence-electron chi connectivity index (χ0n) is 10.1. The Bertz CT molecular complexity index is 369. The van der Waals surface area contributed by atoms with Crippen molar-refractivity contribution in [3.63, 3.8) is 0 Å². The summed E-state index contributed by atoms with van der Waals surface area (Å²) in [5.41, 5.74) is 0.402. The molecule has 4 nitrogen and oxygen atoms in total. The van der Waals surface area contributed by atoms with Gasteiger partial charge in [-0.3, -0.25) is 9.78 Å². The topological polar surface area (TPSA) is 51.2 Å². The summed E-state index contributed by atoms with van der Waals surface area (Å²) < 4.78 is 5.36. The number of aromatic nitrogens is 1. The van der Waals surface area contributed by atoms with E-state index in [1.54, 1.807) is 12.3 Å². The fourth-order valence-electron chi connectivity index (χ4n) is 1.23. The summed E-state index contributed by atoms with van der Waals surface area (Å²) in [6, 6.07) is 1.60. The second kappa shape index (κ2) is 7.25. The van der Waals surface area contributed by atoms with Crippen LogP contribution in [0, 0.1) is 0 Å². The molecule has 1 N–H and O–H groups in total. The van der Waals surface area contributed by atoms with Gasteiger partial charge in [0.15, 0.2) is 0 Å². The van der Waals surface area contributed by atoms with E-state index in [0.717, 1.165) is 6.42 Å². The molecule has 0 radical (unpaired) electrons. The van der Waals surface area contributed by atoms with Crippen LogP contribution >= 0.6 is 11.6 Å². The zero-order valence-corrected chi connectivity index (χ0v) is 10.8. The molecule has 17 heavy (non-hydrogen) atoms. The molecule has 1 rings (SSSR count). The van der Waals surface area contributed by atoms with E-state index in [9.17, 15) is 4.79 Å². The summed E-state index contributed by atoms with van der Waals surface area (Å²) in [5, 5.41) is 3.18. The van der Waals surface area contributed by atoms with E-state index in [-0.39, 0.29) is 12.0 Å². The molecule has 0 aliphatic carbocycles. The van der Waals surface area contributed by atoms with Crippen molar-refractivity contribution in [1.82, 2.24) is 10.3 Å². The second-order valence-electron chi connectivity index (χ2n) is 3.88. The van der Waals surface area contributed by atoms with E-state index in [1.807, 2.05) is 13.8 Å². The summed E-state index contributed by atoms with van der Waals surface area (Å²) in [5.74, 6) is -0.201. The molecule has 5 heteroatoms. The number of nitrogens with one attached hydrogen (secondary N) is 1. The van der Waals surface area contributed by atoms with Crippen molar-refractivity contribution in [2.45, 2.75) is 26.4 Å². The molecule has 0 atom stereocenters. The van der Waals surface area contributed by atoms with E-state index >= 15 is 0 Å². The zero-order chi connectivity index (χ0) is 12.7. The van der Waals surface area contributed by atoms with E-state index in [2.05, 4.69) is 10.3 Å². The van der Waals surface area contributed by atoms with Crippen molar-refractivity contribution in [2.75, 3.05) is 13.2 Å². The van der Waals surface area contributed by atoms with Gasteiger partial charge in [0.25, 0.3) is 5.91 Å². The molecule has 0 aromatic carbocycles. The molecule has 1 aromatic heterocycles. The van der Waals surface area contributed by atoms with Gasteiger partial charge in [-0.1, -0.05) is 11.6 Å². The third-order valence-corrected chi connectivity index (χ3v) is 2.40. The average Bonchev–Trinajstić information content (AvgIpc) is 2.28. The van der Waals surface area contributed by atoms with Crippen LogP contribution in [0.3, 0.4) is 0 Å².